The predicted octanol–water partition coefficient (Wildman–Crippen LogP) is 6.77. The molecule has 0 bridgehead atoms. The Labute approximate surface area is 243 Å². The van der Waals surface area contributed by atoms with Crippen molar-refractivity contribution in [2.75, 3.05) is 10.2 Å². The Morgan fingerprint density at radius 3 is 2.33 bits per heavy atom. The molecule has 7 rings (SSSR count). The van der Waals surface area contributed by atoms with Crippen molar-refractivity contribution in [3.8, 4) is 0 Å². The van der Waals surface area contributed by atoms with Crippen LogP contribution >= 0.6 is 0 Å². The number of aromatic nitrogens is 1. The molecule has 0 saturated carbocycles. The number of aryl methyl sites for hydroxylation is 2. The van der Waals surface area contributed by atoms with Crippen molar-refractivity contribution in [3.05, 3.63) is 131 Å². The second-order valence-electron chi connectivity index (χ2n) is 11.0. The minimum atomic E-state index is -0.635. The van der Waals surface area contributed by atoms with E-state index in [1.54, 1.807) is 29.2 Å². The zero-order valence-electron chi connectivity index (χ0n) is 23.4. The van der Waals surface area contributed by atoms with Gasteiger partial charge in [0, 0.05) is 34.3 Å². The Kier molecular flexibility index (Phi) is 6.16. The molecule has 208 valence electrons. The molecule has 7 heteroatoms. The Morgan fingerprint density at radius 2 is 1.62 bits per heavy atom. The number of para-hydroxylation sites is 1. The standard InChI is InChI=1S/C35H30N4O3/c1-3-22-10-16-25(17-11-22)36-33(40)24-14-18-26(19-15-24)38-34(41)30-20-28-27-6-4-5-7-29(27)37-31(28)32(39(30)35(38)42)23-12-8-21(2)9-13-23/h4-19,30,32,37H,3,20H2,1-2H3,(H,36,40)/t30-,32?/m0/s1. The first-order valence-electron chi connectivity index (χ1n) is 14.3. The summed E-state index contributed by atoms with van der Waals surface area (Å²) in [5.74, 6) is -0.520. The summed E-state index contributed by atoms with van der Waals surface area (Å²) in [7, 11) is 0. The Bertz CT molecular complexity index is 1840. The highest BCUT2D eigenvalue weighted by Crippen LogP contribution is 2.44. The van der Waals surface area contributed by atoms with Gasteiger partial charge in [-0.2, -0.15) is 0 Å². The average Bonchev–Trinajstić information content (AvgIpc) is 3.51. The third-order valence-electron chi connectivity index (χ3n) is 8.45. The van der Waals surface area contributed by atoms with Gasteiger partial charge in [0.15, 0.2) is 0 Å². The Hall–Kier alpha value is -5.17. The van der Waals surface area contributed by atoms with Crippen LogP contribution in [0.25, 0.3) is 10.9 Å². The summed E-state index contributed by atoms with van der Waals surface area (Å²) in [5.41, 5.74) is 7.86. The normalized spacial score (nSPS) is 17.9. The van der Waals surface area contributed by atoms with Crippen LogP contribution in [0.15, 0.2) is 97.1 Å². The van der Waals surface area contributed by atoms with E-state index in [0.29, 0.717) is 23.4 Å². The van der Waals surface area contributed by atoms with Crippen molar-refractivity contribution in [1.82, 2.24) is 9.88 Å². The number of H-pyrrole nitrogens is 1. The molecule has 1 aromatic heterocycles. The fourth-order valence-electron chi connectivity index (χ4n) is 6.20. The van der Waals surface area contributed by atoms with E-state index in [1.165, 1.54) is 10.5 Å². The van der Waals surface area contributed by atoms with E-state index in [0.717, 1.165) is 39.7 Å². The molecular weight excluding hydrogens is 524 g/mol. The number of nitrogens with one attached hydrogen (secondary N) is 2. The van der Waals surface area contributed by atoms with Gasteiger partial charge in [-0.3, -0.25) is 14.5 Å². The molecule has 7 nitrogen and oxygen atoms in total. The molecule has 3 heterocycles. The smallest absolute Gasteiger partial charge is 0.332 e. The second-order valence-corrected chi connectivity index (χ2v) is 11.0. The summed E-state index contributed by atoms with van der Waals surface area (Å²) < 4.78 is 0. The van der Waals surface area contributed by atoms with Gasteiger partial charge in [0.1, 0.15) is 12.1 Å². The van der Waals surface area contributed by atoms with Gasteiger partial charge in [-0.15, -0.1) is 0 Å². The number of benzene rings is 4. The van der Waals surface area contributed by atoms with Gasteiger partial charge >= 0.3 is 6.03 Å². The number of carbonyl (C=O) groups is 3. The van der Waals surface area contributed by atoms with Crippen molar-refractivity contribution in [1.29, 1.82) is 0 Å². The molecule has 1 unspecified atom stereocenters. The molecular formula is C35H30N4O3. The van der Waals surface area contributed by atoms with Crippen LogP contribution in [-0.2, 0) is 17.6 Å². The third kappa shape index (κ3) is 4.16. The van der Waals surface area contributed by atoms with Gasteiger partial charge in [0.05, 0.1) is 5.69 Å². The fraction of sp³-hybridized carbons (Fsp3) is 0.171. The first kappa shape index (κ1) is 25.8. The Morgan fingerprint density at radius 1 is 0.905 bits per heavy atom. The SMILES string of the molecule is CCc1ccc(NC(=O)c2ccc(N3C(=O)[C@@H]4Cc5c([nH]c6ccccc56)C(c5ccc(C)cc5)N4C3=O)cc2)cc1. The number of urea groups is 1. The van der Waals surface area contributed by atoms with Gasteiger partial charge in [-0.25, -0.2) is 9.69 Å². The topological polar surface area (TPSA) is 85.5 Å². The molecule has 0 aliphatic carbocycles. The zero-order chi connectivity index (χ0) is 29.0. The average molecular weight is 555 g/mol. The number of hydrogen-bond donors (Lipinski definition) is 2. The van der Waals surface area contributed by atoms with Crippen LogP contribution < -0.4 is 10.2 Å². The highest BCUT2D eigenvalue weighted by Gasteiger charge is 2.53. The van der Waals surface area contributed by atoms with E-state index in [-0.39, 0.29) is 17.8 Å². The lowest BCUT2D eigenvalue weighted by Crippen LogP contribution is -2.44. The number of carbonyl (C=O) groups excluding carboxylic acids is 3. The maximum Gasteiger partial charge on any atom is 0.332 e. The molecule has 2 aliphatic heterocycles. The maximum absolute atomic E-state index is 14.1. The number of nitrogens with zero attached hydrogens (tertiary/aromatic N) is 2. The van der Waals surface area contributed by atoms with Crippen molar-refractivity contribution in [3.63, 3.8) is 0 Å². The van der Waals surface area contributed by atoms with E-state index in [1.807, 2.05) is 73.7 Å². The van der Waals surface area contributed by atoms with Gasteiger partial charge < -0.3 is 10.3 Å². The van der Waals surface area contributed by atoms with E-state index < -0.39 is 12.1 Å². The van der Waals surface area contributed by atoms with Crippen molar-refractivity contribution >= 4 is 40.1 Å². The molecule has 1 saturated heterocycles. The Balaban J connectivity index is 1.21. The largest absolute Gasteiger partial charge is 0.356 e. The lowest BCUT2D eigenvalue weighted by atomic mass is 9.88. The molecule has 0 radical (unpaired) electrons. The van der Waals surface area contributed by atoms with Crippen molar-refractivity contribution in [2.45, 2.75) is 38.8 Å². The van der Waals surface area contributed by atoms with Crippen LogP contribution in [0.1, 0.15) is 51.3 Å². The number of aromatic amines is 1. The van der Waals surface area contributed by atoms with Crippen molar-refractivity contribution in [2.24, 2.45) is 0 Å². The van der Waals surface area contributed by atoms with E-state index in [2.05, 4.69) is 23.3 Å². The van der Waals surface area contributed by atoms with Crippen LogP contribution in [0.4, 0.5) is 16.2 Å². The summed E-state index contributed by atoms with van der Waals surface area (Å²) in [6, 6.07) is 29.1. The number of fused-ring (bicyclic) bond motifs is 4. The van der Waals surface area contributed by atoms with Crippen LogP contribution in [0.3, 0.4) is 0 Å². The predicted molar refractivity (Wildman–Crippen MR) is 164 cm³/mol. The first-order chi connectivity index (χ1) is 20.4. The number of imide groups is 1. The van der Waals surface area contributed by atoms with Gasteiger partial charge in [-0.05, 0) is 72.5 Å². The minimum Gasteiger partial charge on any atom is -0.356 e. The summed E-state index contributed by atoms with van der Waals surface area (Å²) in [5, 5.41) is 3.98. The number of rotatable bonds is 5. The molecule has 2 N–H and O–H groups in total. The van der Waals surface area contributed by atoms with Gasteiger partial charge in [0.25, 0.3) is 11.8 Å². The molecule has 2 atom stereocenters. The zero-order valence-corrected chi connectivity index (χ0v) is 23.4. The highest BCUT2D eigenvalue weighted by molar-refractivity contribution is 6.22. The summed E-state index contributed by atoms with van der Waals surface area (Å²) in [6.07, 6.45) is 1.36. The number of hydrogen-bond acceptors (Lipinski definition) is 3. The number of anilines is 2. The van der Waals surface area contributed by atoms with Gasteiger partial charge in [-0.1, -0.05) is 67.1 Å². The first-order valence-corrected chi connectivity index (χ1v) is 14.3. The van der Waals surface area contributed by atoms with E-state index >= 15 is 0 Å². The molecule has 1 fully saturated rings. The van der Waals surface area contributed by atoms with Gasteiger partial charge in [0.2, 0.25) is 0 Å². The number of amides is 4. The van der Waals surface area contributed by atoms with Crippen LogP contribution in [0.5, 0.6) is 0 Å². The molecule has 5 aromatic rings. The summed E-state index contributed by atoms with van der Waals surface area (Å²) in [4.78, 5) is 47.4. The van der Waals surface area contributed by atoms with Crippen LogP contribution in [-0.4, -0.2) is 33.8 Å². The lowest BCUT2D eigenvalue weighted by molar-refractivity contribution is -0.120. The minimum absolute atomic E-state index is 0.257. The van der Waals surface area contributed by atoms with E-state index in [4.69, 9.17) is 0 Å². The second kappa shape index (κ2) is 10.0. The molecule has 2 aliphatic rings. The lowest BCUT2D eigenvalue weighted by Gasteiger charge is -2.36. The monoisotopic (exact) mass is 554 g/mol. The molecule has 0 spiro atoms. The third-order valence-corrected chi connectivity index (χ3v) is 8.45. The molecule has 4 aromatic carbocycles. The van der Waals surface area contributed by atoms with Crippen molar-refractivity contribution < 1.29 is 14.4 Å². The fourth-order valence-corrected chi connectivity index (χ4v) is 6.20. The maximum atomic E-state index is 14.1. The van der Waals surface area contributed by atoms with E-state index in [9.17, 15) is 14.4 Å². The van der Waals surface area contributed by atoms with Crippen LogP contribution in [0, 0.1) is 6.92 Å². The highest BCUT2D eigenvalue weighted by atomic mass is 16.2. The summed E-state index contributed by atoms with van der Waals surface area (Å²) in [6.45, 7) is 4.11. The summed E-state index contributed by atoms with van der Waals surface area (Å²) >= 11 is 0. The molecule has 4 amide bonds. The molecule has 42 heavy (non-hydrogen) atoms. The quantitative estimate of drug-likeness (QED) is 0.235. The van der Waals surface area contributed by atoms with Crippen LogP contribution in [0.2, 0.25) is 0 Å².